The maximum absolute atomic E-state index is 12.1. The number of halogens is 1. The molecule has 3 rings (SSSR count). The average molecular weight is 274 g/mol. The van der Waals surface area contributed by atoms with Gasteiger partial charge in [0, 0.05) is 0 Å². The highest BCUT2D eigenvalue weighted by Crippen LogP contribution is 2.19. The minimum atomic E-state index is -0.333. The molecule has 0 aliphatic carbocycles. The average Bonchev–Trinajstić information content (AvgIpc) is 2.88. The molecule has 2 N–H and O–H groups in total. The van der Waals surface area contributed by atoms with E-state index < -0.39 is 0 Å². The number of nitrogens with zero attached hydrogens (tertiary/aromatic N) is 3. The van der Waals surface area contributed by atoms with Crippen LogP contribution in [-0.2, 0) is 0 Å². The molecule has 3 aromatic rings. The highest BCUT2D eigenvalue weighted by Gasteiger charge is 2.13. The van der Waals surface area contributed by atoms with Crippen molar-refractivity contribution >= 4 is 34.5 Å². The Morgan fingerprint density at radius 2 is 2.05 bits per heavy atom. The van der Waals surface area contributed by atoms with Crippen LogP contribution in [0.5, 0.6) is 0 Å². The van der Waals surface area contributed by atoms with Gasteiger partial charge in [0.1, 0.15) is 11.8 Å². The highest BCUT2D eigenvalue weighted by atomic mass is 35.5. The van der Waals surface area contributed by atoms with Crippen molar-refractivity contribution in [3.63, 3.8) is 0 Å². The summed E-state index contributed by atoms with van der Waals surface area (Å²) in [6, 6.07) is 6.80. The van der Waals surface area contributed by atoms with E-state index in [0.717, 1.165) is 0 Å². The third-order valence-corrected chi connectivity index (χ3v) is 2.90. The van der Waals surface area contributed by atoms with Crippen LogP contribution >= 0.6 is 11.6 Å². The lowest BCUT2D eigenvalue weighted by atomic mass is 10.2. The van der Waals surface area contributed by atoms with Gasteiger partial charge in [0.2, 0.25) is 0 Å². The summed E-state index contributed by atoms with van der Waals surface area (Å²) < 4.78 is 0. The summed E-state index contributed by atoms with van der Waals surface area (Å²) in [5.74, 6) is 0.0348. The van der Waals surface area contributed by atoms with Gasteiger partial charge < -0.3 is 10.3 Å². The molecule has 0 aliphatic rings. The number of H-pyrrole nitrogens is 1. The van der Waals surface area contributed by atoms with Crippen LogP contribution in [0.4, 0.5) is 5.82 Å². The molecule has 0 radical (unpaired) electrons. The Hall–Kier alpha value is -2.47. The van der Waals surface area contributed by atoms with Crippen molar-refractivity contribution in [1.29, 1.82) is 0 Å². The molecule has 2 heterocycles. The smallest absolute Gasteiger partial charge is 0.258 e. The fourth-order valence-corrected chi connectivity index (χ4v) is 1.90. The monoisotopic (exact) mass is 273 g/mol. The SMILES string of the molecule is O=C(Nc1ncnc2nc[nH]c12)c1ccccc1Cl. The summed E-state index contributed by atoms with van der Waals surface area (Å²) in [7, 11) is 0. The van der Waals surface area contributed by atoms with Crippen molar-refractivity contribution in [2.75, 3.05) is 5.32 Å². The van der Waals surface area contributed by atoms with Crippen LogP contribution in [0.3, 0.4) is 0 Å². The van der Waals surface area contributed by atoms with Crippen molar-refractivity contribution < 1.29 is 4.79 Å². The predicted octanol–water partition coefficient (Wildman–Crippen LogP) is 2.26. The minimum absolute atomic E-state index is 0.333. The lowest BCUT2D eigenvalue weighted by Crippen LogP contribution is -2.14. The molecule has 0 spiro atoms. The standard InChI is InChI=1S/C12H8ClN5O/c13-8-4-2-1-3-7(8)12(19)18-11-9-10(15-5-14-9)16-6-17-11/h1-6H,(H2,14,15,16,17,18,19). The molecule has 2 aromatic heterocycles. The van der Waals surface area contributed by atoms with E-state index in [4.69, 9.17) is 11.6 Å². The van der Waals surface area contributed by atoms with Gasteiger partial charge >= 0.3 is 0 Å². The van der Waals surface area contributed by atoms with Crippen molar-refractivity contribution in [3.05, 3.63) is 47.5 Å². The number of benzene rings is 1. The zero-order valence-corrected chi connectivity index (χ0v) is 10.3. The highest BCUT2D eigenvalue weighted by molar-refractivity contribution is 6.34. The van der Waals surface area contributed by atoms with E-state index in [9.17, 15) is 4.79 Å². The van der Waals surface area contributed by atoms with E-state index >= 15 is 0 Å². The van der Waals surface area contributed by atoms with Crippen LogP contribution in [0.2, 0.25) is 5.02 Å². The zero-order chi connectivity index (χ0) is 13.2. The van der Waals surface area contributed by atoms with Gasteiger partial charge in [-0.3, -0.25) is 4.79 Å². The second-order valence-corrected chi connectivity index (χ2v) is 4.16. The molecule has 0 bridgehead atoms. The first kappa shape index (κ1) is 11.6. The Morgan fingerprint density at radius 1 is 1.21 bits per heavy atom. The molecule has 1 amide bonds. The molecule has 0 unspecified atom stereocenters. The molecule has 0 aliphatic heterocycles. The van der Waals surface area contributed by atoms with Crippen molar-refractivity contribution in [2.24, 2.45) is 0 Å². The number of carbonyl (C=O) groups is 1. The number of fused-ring (bicyclic) bond motifs is 1. The van der Waals surface area contributed by atoms with Gasteiger partial charge in [0.25, 0.3) is 5.91 Å². The second-order valence-electron chi connectivity index (χ2n) is 3.76. The van der Waals surface area contributed by atoms with E-state index in [-0.39, 0.29) is 5.91 Å². The molecule has 94 valence electrons. The summed E-state index contributed by atoms with van der Waals surface area (Å²) in [5.41, 5.74) is 1.45. The molecule has 0 saturated heterocycles. The maximum atomic E-state index is 12.1. The van der Waals surface area contributed by atoms with Crippen LogP contribution < -0.4 is 5.32 Å². The van der Waals surface area contributed by atoms with Crippen molar-refractivity contribution in [3.8, 4) is 0 Å². The van der Waals surface area contributed by atoms with Crippen LogP contribution in [0.15, 0.2) is 36.9 Å². The number of amides is 1. The summed E-state index contributed by atoms with van der Waals surface area (Å²) in [6.07, 6.45) is 2.83. The van der Waals surface area contributed by atoms with Crippen molar-refractivity contribution in [1.82, 2.24) is 19.9 Å². The molecule has 0 saturated carbocycles. The predicted molar refractivity (Wildman–Crippen MR) is 71.1 cm³/mol. The number of aromatic amines is 1. The summed E-state index contributed by atoms with van der Waals surface area (Å²) in [4.78, 5) is 27.0. The second kappa shape index (κ2) is 4.66. The fraction of sp³-hybridized carbons (Fsp3) is 0. The molecule has 0 fully saturated rings. The van der Waals surface area contributed by atoms with E-state index in [0.29, 0.717) is 27.6 Å². The Balaban J connectivity index is 1.95. The normalized spacial score (nSPS) is 10.6. The zero-order valence-electron chi connectivity index (χ0n) is 9.59. The Bertz CT molecular complexity index is 754. The summed E-state index contributed by atoms with van der Waals surface area (Å²) in [5, 5.41) is 3.07. The Kier molecular flexibility index (Phi) is 2.85. The van der Waals surface area contributed by atoms with Crippen LogP contribution in [0.1, 0.15) is 10.4 Å². The lowest BCUT2D eigenvalue weighted by Gasteiger charge is -2.05. The number of carbonyl (C=O) groups excluding carboxylic acids is 1. The summed E-state index contributed by atoms with van der Waals surface area (Å²) >= 11 is 5.97. The largest absolute Gasteiger partial charge is 0.340 e. The van der Waals surface area contributed by atoms with E-state index in [1.54, 1.807) is 24.3 Å². The van der Waals surface area contributed by atoms with E-state index in [1.807, 2.05) is 0 Å². The Labute approximate surface area is 112 Å². The first-order valence-corrected chi connectivity index (χ1v) is 5.83. The first-order valence-electron chi connectivity index (χ1n) is 5.45. The van der Waals surface area contributed by atoms with Gasteiger partial charge in [-0.05, 0) is 12.1 Å². The molecular formula is C12H8ClN5O. The number of aromatic nitrogens is 4. The molecule has 0 atom stereocenters. The van der Waals surface area contributed by atoms with Crippen LogP contribution in [0, 0.1) is 0 Å². The molecule has 1 aromatic carbocycles. The lowest BCUT2D eigenvalue weighted by molar-refractivity contribution is 0.102. The number of nitrogens with one attached hydrogen (secondary N) is 2. The molecule has 7 heteroatoms. The van der Waals surface area contributed by atoms with Crippen molar-refractivity contribution in [2.45, 2.75) is 0 Å². The quantitative estimate of drug-likeness (QED) is 0.750. The summed E-state index contributed by atoms with van der Waals surface area (Å²) in [6.45, 7) is 0. The topological polar surface area (TPSA) is 83.6 Å². The number of imidazole rings is 1. The maximum Gasteiger partial charge on any atom is 0.258 e. The molecular weight excluding hydrogens is 266 g/mol. The number of anilines is 1. The minimum Gasteiger partial charge on any atom is -0.340 e. The number of rotatable bonds is 2. The van der Waals surface area contributed by atoms with Gasteiger partial charge in [-0.2, -0.15) is 0 Å². The van der Waals surface area contributed by atoms with Gasteiger partial charge in [-0.15, -0.1) is 0 Å². The third-order valence-electron chi connectivity index (χ3n) is 2.57. The molecule has 6 nitrogen and oxygen atoms in total. The van der Waals surface area contributed by atoms with Crippen LogP contribution in [0.25, 0.3) is 11.2 Å². The van der Waals surface area contributed by atoms with Gasteiger partial charge in [0.05, 0.1) is 16.9 Å². The van der Waals surface area contributed by atoms with Gasteiger partial charge in [-0.1, -0.05) is 23.7 Å². The van der Waals surface area contributed by atoms with E-state index in [2.05, 4.69) is 25.3 Å². The molecule has 19 heavy (non-hydrogen) atoms. The third kappa shape index (κ3) is 2.13. The first-order chi connectivity index (χ1) is 9.25. The number of hydrogen-bond donors (Lipinski definition) is 2. The van der Waals surface area contributed by atoms with Crippen LogP contribution in [-0.4, -0.2) is 25.8 Å². The van der Waals surface area contributed by atoms with Gasteiger partial charge in [-0.25, -0.2) is 15.0 Å². The van der Waals surface area contributed by atoms with Gasteiger partial charge in [0.15, 0.2) is 11.5 Å². The van der Waals surface area contributed by atoms with E-state index in [1.165, 1.54) is 12.7 Å². The fourth-order valence-electron chi connectivity index (χ4n) is 1.68. The number of hydrogen-bond acceptors (Lipinski definition) is 4. The Morgan fingerprint density at radius 3 is 2.89 bits per heavy atom.